The van der Waals surface area contributed by atoms with Crippen molar-refractivity contribution in [3.05, 3.63) is 58.3 Å². The zero-order chi connectivity index (χ0) is 15.7. The van der Waals surface area contributed by atoms with Gasteiger partial charge in [0.25, 0.3) is 5.91 Å². The SMILES string of the molecule is COc1ccc2oc(C(=O)Nc3ccc(Cl)cc3Cl)cc2c1. The molecule has 2 aromatic carbocycles. The first kappa shape index (κ1) is 14.8. The van der Waals surface area contributed by atoms with E-state index in [2.05, 4.69) is 5.32 Å². The fourth-order valence-electron chi connectivity index (χ4n) is 2.04. The van der Waals surface area contributed by atoms with Gasteiger partial charge in [0.2, 0.25) is 0 Å². The van der Waals surface area contributed by atoms with Crippen LogP contribution in [-0.4, -0.2) is 13.0 Å². The Kier molecular flexibility index (Phi) is 3.96. The molecule has 0 aliphatic heterocycles. The van der Waals surface area contributed by atoms with Gasteiger partial charge in [-0.15, -0.1) is 0 Å². The number of benzene rings is 2. The molecule has 0 aliphatic carbocycles. The highest BCUT2D eigenvalue weighted by atomic mass is 35.5. The van der Waals surface area contributed by atoms with Gasteiger partial charge in [-0.3, -0.25) is 4.79 Å². The normalized spacial score (nSPS) is 10.7. The monoisotopic (exact) mass is 335 g/mol. The quantitative estimate of drug-likeness (QED) is 0.732. The topological polar surface area (TPSA) is 51.5 Å². The van der Waals surface area contributed by atoms with E-state index in [0.29, 0.717) is 27.1 Å². The van der Waals surface area contributed by atoms with Crippen LogP contribution in [0.4, 0.5) is 5.69 Å². The molecule has 4 nitrogen and oxygen atoms in total. The number of fused-ring (bicyclic) bond motifs is 1. The van der Waals surface area contributed by atoms with E-state index in [1.165, 1.54) is 0 Å². The number of ether oxygens (including phenoxy) is 1. The summed E-state index contributed by atoms with van der Waals surface area (Å²) in [5.74, 6) is 0.495. The van der Waals surface area contributed by atoms with Crippen molar-refractivity contribution in [1.29, 1.82) is 0 Å². The van der Waals surface area contributed by atoms with Gasteiger partial charge in [0, 0.05) is 10.4 Å². The summed E-state index contributed by atoms with van der Waals surface area (Å²) >= 11 is 11.9. The van der Waals surface area contributed by atoms with E-state index in [0.717, 1.165) is 5.39 Å². The molecular weight excluding hydrogens is 325 g/mol. The minimum atomic E-state index is -0.389. The number of furan rings is 1. The van der Waals surface area contributed by atoms with E-state index in [1.807, 2.05) is 0 Å². The summed E-state index contributed by atoms with van der Waals surface area (Å²) in [4.78, 5) is 12.2. The second-order valence-electron chi connectivity index (χ2n) is 4.59. The Hall–Kier alpha value is -2.17. The van der Waals surface area contributed by atoms with Crippen molar-refractivity contribution in [2.24, 2.45) is 0 Å². The van der Waals surface area contributed by atoms with Crippen LogP contribution in [0.25, 0.3) is 11.0 Å². The van der Waals surface area contributed by atoms with Crippen molar-refractivity contribution in [1.82, 2.24) is 0 Å². The summed E-state index contributed by atoms with van der Waals surface area (Å²) in [6.07, 6.45) is 0. The van der Waals surface area contributed by atoms with Gasteiger partial charge >= 0.3 is 0 Å². The van der Waals surface area contributed by atoms with E-state index in [-0.39, 0.29) is 11.7 Å². The van der Waals surface area contributed by atoms with Crippen molar-refractivity contribution < 1.29 is 13.9 Å². The highest BCUT2D eigenvalue weighted by molar-refractivity contribution is 6.36. The number of hydrogen-bond acceptors (Lipinski definition) is 3. The molecule has 1 heterocycles. The molecule has 1 N–H and O–H groups in total. The van der Waals surface area contributed by atoms with Gasteiger partial charge < -0.3 is 14.5 Å². The molecule has 1 aromatic heterocycles. The molecule has 0 fully saturated rings. The maximum absolute atomic E-state index is 12.2. The fourth-order valence-corrected chi connectivity index (χ4v) is 2.49. The van der Waals surface area contributed by atoms with Crippen molar-refractivity contribution >= 4 is 45.8 Å². The van der Waals surface area contributed by atoms with E-state index in [4.69, 9.17) is 32.4 Å². The summed E-state index contributed by atoms with van der Waals surface area (Å²) in [5.41, 5.74) is 1.07. The fraction of sp³-hybridized carbons (Fsp3) is 0.0625. The van der Waals surface area contributed by atoms with Gasteiger partial charge in [-0.1, -0.05) is 23.2 Å². The zero-order valence-corrected chi connectivity index (χ0v) is 13.0. The third-order valence-corrected chi connectivity index (χ3v) is 3.67. The summed E-state index contributed by atoms with van der Waals surface area (Å²) in [7, 11) is 1.58. The van der Waals surface area contributed by atoms with E-state index >= 15 is 0 Å². The molecule has 6 heteroatoms. The minimum Gasteiger partial charge on any atom is -0.497 e. The number of amides is 1. The maximum Gasteiger partial charge on any atom is 0.291 e. The second kappa shape index (κ2) is 5.91. The van der Waals surface area contributed by atoms with Crippen LogP contribution in [0.15, 0.2) is 46.9 Å². The van der Waals surface area contributed by atoms with Crippen LogP contribution in [0.3, 0.4) is 0 Å². The van der Waals surface area contributed by atoms with E-state index in [9.17, 15) is 4.79 Å². The smallest absolute Gasteiger partial charge is 0.291 e. The lowest BCUT2D eigenvalue weighted by molar-refractivity contribution is 0.0998. The zero-order valence-electron chi connectivity index (χ0n) is 11.5. The Morgan fingerprint density at radius 1 is 1.14 bits per heavy atom. The molecule has 3 aromatic rings. The van der Waals surface area contributed by atoms with Gasteiger partial charge in [0.05, 0.1) is 17.8 Å². The first-order valence-corrected chi connectivity index (χ1v) is 7.16. The Bertz CT molecular complexity index is 858. The number of nitrogens with one attached hydrogen (secondary N) is 1. The number of methoxy groups -OCH3 is 1. The van der Waals surface area contributed by atoms with E-state index in [1.54, 1.807) is 49.6 Å². The summed E-state index contributed by atoms with van der Waals surface area (Å²) in [6.45, 7) is 0. The third kappa shape index (κ3) is 2.89. The van der Waals surface area contributed by atoms with Crippen LogP contribution in [0.5, 0.6) is 5.75 Å². The predicted octanol–water partition coefficient (Wildman–Crippen LogP) is 5.00. The molecule has 0 radical (unpaired) electrons. The molecule has 0 saturated heterocycles. The van der Waals surface area contributed by atoms with Crippen molar-refractivity contribution in [3.63, 3.8) is 0 Å². The second-order valence-corrected chi connectivity index (χ2v) is 5.44. The first-order valence-electron chi connectivity index (χ1n) is 6.41. The average Bonchev–Trinajstić information content (AvgIpc) is 2.93. The standard InChI is InChI=1S/C16H11Cl2NO3/c1-21-11-3-5-14-9(6-11)7-15(22-14)16(20)19-13-4-2-10(17)8-12(13)18/h2-8H,1H3,(H,19,20). The lowest BCUT2D eigenvalue weighted by Gasteiger charge is -2.05. The number of carbonyl (C=O) groups excluding carboxylic acids is 1. The highest BCUT2D eigenvalue weighted by Gasteiger charge is 2.14. The van der Waals surface area contributed by atoms with Crippen LogP contribution < -0.4 is 10.1 Å². The number of carbonyl (C=O) groups is 1. The van der Waals surface area contributed by atoms with Crippen LogP contribution in [0.2, 0.25) is 10.0 Å². The van der Waals surface area contributed by atoms with Crippen LogP contribution in [0.1, 0.15) is 10.6 Å². The van der Waals surface area contributed by atoms with Crippen molar-refractivity contribution in [2.75, 3.05) is 12.4 Å². The molecule has 1 amide bonds. The van der Waals surface area contributed by atoms with Gasteiger partial charge in [0.15, 0.2) is 5.76 Å². The minimum absolute atomic E-state index is 0.189. The third-order valence-electron chi connectivity index (χ3n) is 3.13. The lowest BCUT2D eigenvalue weighted by Crippen LogP contribution is -2.11. The summed E-state index contributed by atoms with van der Waals surface area (Å²) in [6, 6.07) is 11.8. The van der Waals surface area contributed by atoms with Gasteiger partial charge in [-0.2, -0.15) is 0 Å². The largest absolute Gasteiger partial charge is 0.497 e. The van der Waals surface area contributed by atoms with Gasteiger partial charge in [-0.05, 0) is 42.5 Å². The molecule has 0 saturated carbocycles. The van der Waals surface area contributed by atoms with Gasteiger partial charge in [-0.25, -0.2) is 0 Å². The predicted molar refractivity (Wildman–Crippen MR) is 87.2 cm³/mol. The molecule has 0 spiro atoms. The molecule has 3 rings (SSSR count). The molecular formula is C16H11Cl2NO3. The molecule has 22 heavy (non-hydrogen) atoms. The Labute approximate surface area is 136 Å². The van der Waals surface area contributed by atoms with Crippen LogP contribution >= 0.6 is 23.2 Å². The highest BCUT2D eigenvalue weighted by Crippen LogP contribution is 2.28. The molecule has 0 atom stereocenters. The molecule has 112 valence electrons. The Morgan fingerprint density at radius 2 is 1.95 bits per heavy atom. The lowest BCUT2D eigenvalue weighted by atomic mass is 10.2. The molecule has 0 bridgehead atoms. The summed E-state index contributed by atoms with van der Waals surface area (Å²) in [5, 5.41) is 4.33. The van der Waals surface area contributed by atoms with Gasteiger partial charge in [0.1, 0.15) is 11.3 Å². The summed E-state index contributed by atoms with van der Waals surface area (Å²) < 4.78 is 10.7. The number of halogens is 2. The van der Waals surface area contributed by atoms with Crippen molar-refractivity contribution in [3.8, 4) is 5.75 Å². The Morgan fingerprint density at radius 3 is 2.68 bits per heavy atom. The van der Waals surface area contributed by atoms with Crippen molar-refractivity contribution in [2.45, 2.75) is 0 Å². The van der Waals surface area contributed by atoms with E-state index < -0.39 is 0 Å². The first-order chi connectivity index (χ1) is 10.6. The molecule has 0 aliphatic rings. The maximum atomic E-state index is 12.2. The average molecular weight is 336 g/mol. The van der Waals surface area contributed by atoms with Crippen LogP contribution in [-0.2, 0) is 0 Å². The molecule has 0 unspecified atom stereocenters. The number of hydrogen-bond donors (Lipinski definition) is 1. The number of anilines is 1. The number of rotatable bonds is 3. The Balaban J connectivity index is 1.88. The van der Waals surface area contributed by atoms with Crippen LogP contribution in [0, 0.1) is 0 Å².